The maximum atomic E-state index is 10.6. The molecule has 1 atom stereocenters. The fourth-order valence-corrected chi connectivity index (χ4v) is 4.07. The van der Waals surface area contributed by atoms with Crippen molar-refractivity contribution in [1.29, 1.82) is 0 Å². The minimum Gasteiger partial charge on any atom is -0.475 e. The number of aromatic nitrogens is 4. The number of carboxylic acid groups (broad SMARTS) is 3. The first-order valence-electron chi connectivity index (χ1n) is 13.7. The van der Waals surface area contributed by atoms with E-state index in [1.807, 2.05) is 23.0 Å². The Hall–Kier alpha value is -5.31. The highest BCUT2D eigenvalue weighted by Gasteiger charge is 2.39. The van der Waals surface area contributed by atoms with Gasteiger partial charge in [0.15, 0.2) is 0 Å². The predicted molar refractivity (Wildman–Crippen MR) is 154 cm³/mol. The van der Waals surface area contributed by atoms with Gasteiger partial charge in [0.25, 0.3) is 0 Å². The standard InChI is InChI=1S/C23H24N6.3C2HF3O2/c1-27-13-14-28(15-18-9-11-24-12-10-18)17-22(27)23-21-8-7-20(16-29(21)26-25-23)19-5-3-2-4-6-19;3*3-2(4,5)1(6)7/h2-12,16,22H,13-15,17H2,1H3;3*(H,6,7). The van der Waals surface area contributed by atoms with Crippen LogP contribution in [0.2, 0.25) is 0 Å². The van der Waals surface area contributed by atoms with Crippen molar-refractivity contribution in [3.63, 3.8) is 0 Å². The molecule has 1 fully saturated rings. The first kappa shape index (κ1) is 40.9. The molecule has 21 heteroatoms. The van der Waals surface area contributed by atoms with Crippen LogP contribution in [0, 0.1) is 0 Å². The molecule has 272 valence electrons. The summed E-state index contributed by atoms with van der Waals surface area (Å²) in [5.41, 5.74) is 5.75. The first-order chi connectivity index (χ1) is 23.1. The molecule has 4 aromatic rings. The highest BCUT2D eigenvalue weighted by molar-refractivity contribution is 5.73. The number of pyridine rings is 2. The molecule has 1 aromatic carbocycles. The van der Waals surface area contributed by atoms with E-state index in [-0.39, 0.29) is 6.04 Å². The number of fused-ring (bicyclic) bond motifs is 1. The number of likely N-dealkylation sites (N-methyl/N-ethyl adjacent to an activating group) is 1. The van der Waals surface area contributed by atoms with Crippen LogP contribution in [0.3, 0.4) is 0 Å². The lowest BCUT2D eigenvalue weighted by atomic mass is 10.1. The molecule has 0 radical (unpaired) electrons. The van der Waals surface area contributed by atoms with Crippen molar-refractivity contribution in [3.05, 3.63) is 84.4 Å². The van der Waals surface area contributed by atoms with E-state index in [4.69, 9.17) is 29.7 Å². The quantitative estimate of drug-likeness (QED) is 0.238. The van der Waals surface area contributed by atoms with Gasteiger partial charge >= 0.3 is 36.4 Å². The van der Waals surface area contributed by atoms with Crippen LogP contribution >= 0.6 is 0 Å². The Morgan fingerprint density at radius 2 is 1.24 bits per heavy atom. The van der Waals surface area contributed by atoms with E-state index in [2.05, 4.69) is 86.9 Å². The number of piperazine rings is 1. The Morgan fingerprint density at radius 3 is 1.72 bits per heavy atom. The number of rotatable bonds is 4. The van der Waals surface area contributed by atoms with E-state index < -0.39 is 36.4 Å². The molecule has 1 saturated heterocycles. The summed E-state index contributed by atoms with van der Waals surface area (Å²) in [4.78, 5) is 35.7. The molecule has 0 spiro atoms. The number of hydrogen-bond acceptors (Lipinski definition) is 8. The van der Waals surface area contributed by atoms with Crippen LogP contribution in [-0.2, 0) is 20.9 Å². The lowest BCUT2D eigenvalue weighted by Gasteiger charge is -2.38. The molecule has 0 aliphatic carbocycles. The van der Waals surface area contributed by atoms with Crippen molar-refractivity contribution in [2.75, 3.05) is 26.7 Å². The van der Waals surface area contributed by atoms with Crippen LogP contribution in [0.5, 0.6) is 0 Å². The van der Waals surface area contributed by atoms with E-state index in [1.165, 1.54) is 11.1 Å². The van der Waals surface area contributed by atoms with Gasteiger partial charge in [-0.3, -0.25) is 14.8 Å². The maximum Gasteiger partial charge on any atom is 0.490 e. The summed E-state index contributed by atoms with van der Waals surface area (Å²) in [6.45, 7) is 3.93. The maximum absolute atomic E-state index is 10.6. The van der Waals surface area contributed by atoms with Crippen molar-refractivity contribution in [2.45, 2.75) is 31.1 Å². The van der Waals surface area contributed by atoms with Gasteiger partial charge in [-0.1, -0.05) is 41.6 Å². The molecular formula is C29H27F9N6O6. The summed E-state index contributed by atoms with van der Waals surface area (Å²) in [7, 11) is 2.18. The van der Waals surface area contributed by atoms with Crippen molar-refractivity contribution in [3.8, 4) is 11.1 Å². The Kier molecular flexibility index (Phi) is 14.2. The molecule has 50 heavy (non-hydrogen) atoms. The van der Waals surface area contributed by atoms with Crippen molar-refractivity contribution in [1.82, 2.24) is 29.6 Å². The van der Waals surface area contributed by atoms with Crippen LogP contribution in [0.15, 0.2) is 73.2 Å². The molecule has 1 aliphatic heterocycles. The summed E-state index contributed by atoms with van der Waals surface area (Å²) in [6.07, 6.45) is -9.46. The average molecular weight is 727 g/mol. The van der Waals surface area contributed by atoms with Crippen LogP contribution in [0.1, 0.15) is 17.3 Å². The predicted octanol–water partition coefficient (Wildman–Crippen LogP) is 5.18. The fraction of sp³-hybridized carbons (Fsp3) is 0.310. The van der Waals surface area contributed by atoms with E-state index in [0.717, 1.165) is 43.0 Å². The number of alkyl halides is 9. The summed E-state index contributed by atoms with van der Waals surface area (Å²) in [5.74, 6) is -8.27. The van der Waals surface area contributed by atoms with Gasteiger partial charge in [-0.25, -0.2) is 18.9 Å². The largest absolute Gasteiger partial charge is 0.490 e. The van der Waals surface area contributed by atoms with Crippen molar-refractivity contribution >= 4 is 23.4 Å². The number of halogens is 9. The second-order valence-corrected chi connectivity index (χ2v) is 10.1. The van der Waals surface area contributed by atoms with Crippen LogP contribution in [0.25, 0.3) is 16.6 Å². The Morgan fingerprint density at radius 1 is 0.740 bits per heavy atom. The number of benzene rings is 1. The lowest BCUT2D eigenvalue weighted by Crippen LogP contribution is -2.46. The molecule has 0 saturated carbocycles. The Labute approximate surface area is 276 Å². The smallest absolute Gasteiger partial charge is 0.475 e. The summed E-state index contributed by atoms with van der Waals surface area (Å²) >= 11 is 0. The SMILES string of the molecule is CN1CCN(Cc2ccncc2)CC1c1nnn2cc(-c3ccccc3)ccc12.O=C(O)C(F)(F)F.O=C(O)C(F)(F)F.O=C(O)C(F)(F)F. The normalized spacial score (nSPS) is 15.4. The number of nitrogens with zero attached hydrogens (tertiary/aromatic N) is 6. The zero-order valence-corrected chi connectivity index (χ0v) is 25.5. The fourth-order valence-electron chi connectivity index (χ4n) is 4.07. The minimum absolute atomic E-state index is 0.227. The first-order valence-corrected chi connectivity index (χ1v) is 13.7. The molecule has 3 aromatic heterocycles. The van der Waals surface area contributed by atoms with Gasteiger partial charge in [-0.15, -0.1) is 5.10 Å². The second-order valence-electron chi connectivity index (χ2n) is 10.1. The third kappa shape index (κ3) is 13.0. The Balaban J connectivity index is 0.000000338. The molecule has 0 bridgehead atoms. The molecule has 5 rings (SSSR count). The summed E-state index contributed by atoms with van der Waals surface area (Å²) in [5, 5.41) is 30.4. The molecule has 1 unspecified atom stereocenters. The highest BCUT2D eigenvalue weighted by atomic mass is 19.4. The van der Waals surface area contributed by atoms with Gasteiger partial charge in [0, 0.05) is 50.3 Å². The third-order valence-electron chi connectivity index (χ3n) is 6.48. The molecule has 0 amide bonds. The van der Waals surface area contributed by atoms with Crippen LogP contribution in [-0.4, -0.2) is 108 Å². The number of carboxylic acids is 3. The molecule has 12 nitrogen and oxygen atoms in total. The number of hydrogen-bond donors (Lipinski definition) is 3. The molecule has 1 aliphatic rings. The number of carbonyl (C=O) groups is 3. The van der Waals surface area contributed by atoms with Crippen LogP contribution in [0.4, 0.5) is 39.5 Å². The van der Waals surface area contributed by atoms with Crippen molar-refractivity contribution in [2.24, 2.45) is 0 Å². The van der Waals surface area contributed by atoms with E-state index in [9.17, 15) is 39.5 Å². The second kappa shape index (κ2) is 17.4. The summed E-state index contributed by atoms with van der Waals surface area (Å²) in [6, 6.07) is 19.1. The highest BCUT2D eigenvalue weighted by Crippen LogP contribution is 2.28. The monoisotopic (exact) mass is 726 g/mol. The van der Waals surface area contributed by atoms with E-state index in [0.29, 0.717) is 0 Å². The van der Waals surface area contributed by atoms with Gasteiger partial charge < -0.3 is 15.3 Å². The molecule has 3 N–H and O–H groups in total. The third-order valence-corrected chi connectivity index (χ3v) is 6.48. The minimum atomic E-state index is -5.08. The van der Waals surface area contributed by atoms with E-state index in [1.54, 1.807) is 0 Å². The van der Waals surface area contributed by atoms with E-state index >= 15 is 0 Å². The van der Waals surface area contributed by atoms with Gasteiger partial charge in [0.2, 0.25) is 0 Å². The van der Waals surface area contributed by atoms with Crippen LogP contribution < -0.4 is 0 Å². The van der Waals surface area contributed by atoms with Gasteiger partial charge in [-0.2, -0.15) is 39.5 Å². The Bertz CT molecular complexity index is 1640. The van der Waals surface area contributed by atoms with Gasteiger partial charge in [0.05, 0.1) is 11.6 Å². The number of aliphatic carboxylic acids is 3. The zero-order valence-electron chi connectivity index (χ0n) is 25.5. The summed E-state index contributed by atoms with van der Waals surface area (Å²) < 4.78 is 97.1. The molecule has 4 heterocycles. The van der Waals surface area contributed by atoms with Gasteiger partial charge in [-0.05, 0) is 36.4 Å². The van der Waals surface area contributed by atoms with Gasteiger partial charge in [0.1, 0.15) is 5.69 Å². The molecular weight excluding hydrogens is 699 g/mol. The zero-order chi connectivity index (χ0) is 37.9. The lowest BCUT2D eigenvalue weighted by molar-refractivity contribution is -0.193. The topological polar surface area (TPSA) is 161 Å². The van der Waals surface area contributed by atoms with Crippen molar-refractivity contribution < 1.29 is 69.2 Å². The average Bonchev–Trinajstić information content (AvgIpc) is 3.46.